The van der Waals surface area contributed by atoms with Crippen LogP contribution in [0.1, 0.15) is 16.7 Å². The van der Waals surface area contributed by atoms with Crippen LogP contribution in [0.4, 0.5) is 5.69 Å². The SMILES string of the molecule is Cc1ccc(CNc2c(Cl)cc(Cl)c3nsnc23)cc1C. The van der Waals surface area contributed by atoms with Crippen LogP contribution in [0.5, 0.6) is 0 Å². The van der Waals surface area contributed by atoms with E-state index in [4.69, 9.17) is 23.2 Å². The molecule has 0 aliphatic rings. The van der Waals surface area contributed by atoms with Gasteiger partial charge in [0.1, 0.15) is 11.0 Å². The largest absolute Gasteiger partial charge is 0.378 e. The molecule has 0 bridgehead atoms. The molecule has 0 aliphatic carbocycles. The molecule has 6 heteroatoms. The van der Waals surface area contributed by atoms with Crippen LogP contribution in [0.3, 0.4) is 0 Å². The highest BCUT2D eigenvalue weighted by Crippen LogP contribution is 2.35. The second-order valence-electron chi connectivity index (χ2n) is 4.95. The van der Waals surface area contributed by atoms with Gasteiger partial charge in [0.15, 0.2) is 0 Å². The average molecular weight is 338 g/mol. The molecule has 1 N–H and O–H groups in total. The molecule has 3 rings (SSSR count). The van der Waals surface area contributed by atoms with Crippen molar-refractivity contribution >= 4 is 51.7 Å². The summed E-state index contributed by atoms with van der Waals surface area (Å²) in [5.74, 6) is 0. The Hall–Kier alpha value is -1.36. The number of benzene rings is 2. The molecule has 2 aromatic carbocycles. The van der Waals surface area contributed by atoms with E-state index in [9.17, 15) is 0 Å². The first-order chi connectivity index (χ1) is 10.1. The fraction of sp³-hybridized carbons (Fsp3) is 0.200. The summed E-state index contributed by atoms with van der Waals surface area (Å²) in [5, 5.41) is 4.43. The van der Waals surface area contributed by atoms with Gasteiger partial charge in [-0.2, -0.15) is 8.75 Å². The fourth-order valence-corrected chi connectivity index (χ4v) is 3.33. The number of aromatic nitrogens is 2. The summed E-state index contributed by atoms with van der Waals surface area (Å²) in [5.41, 5.74) is 5.95. The van der Waals surface area contributed by atoms with E-state index >= 15 is 0 Å². The predicted molar refractivity (Wildman–Crippen MR) is 90.7 cm³/mol. The smallest absolute Gasteiger partial charge is 0.130 e. The van der Waals surface area contributed by atoms with Crippen molar-refractivity contribution in [1.29, 1.82) is 0 Å². The number of nitrogens with zero attached hydrogens (tertiary/aromatic N) is 2. The topological polar surface area (TPSA) is 37.8 Å². The summed E-state index contributed by atoms with van der Waals surface area (Å²) in [7, 11) is 0. The molecule has 3 nitrogen and oxygen atoms in total. The molecule has 0 saturated carbocycles. The summed E-state index contributed by atoms with van der Waals surface area (Å²) >= 11 is 13.5. The maximum absolute atomic E-state index is 6.28. The van der Waals surface area contributed by atoms with Crippen LogP contribution in [0.25, 0.3) is 11.0 Å². The molecule has 108 valence electrons. The maximum Gasteiger partial charge on any atom is 0.130 e. The molecule has 0 fully saturated rings. The summed E-state index contributed by atoms with van der Waals surface area (Å²) in [6.45, 7) is 4.89. The highest BCUT2D eigenvalue weighted by Gasteiger charge is 2.13. The molecule has 0 aliphatic heterocycles. The zero-order chi connectivity index (χ0) is 15.0. The van der Waals surface area contributed by atoms with Crippen molar-refractivity contribution in [3.8, 4) is 0 Å². The Morgan fingerprint density at radius 3 is 2.52 bits per heavy atom. The molecule has 0 atom stereocenters. The van der Waals surface area contributed by atoms with Crippen molar-refractivity contribution in [2.24, 2.45) is 0 Å². The van der Waals surface area contributed by atoms with Gasteiger partial charge in [-0.15, -0.1) is 0 Å². The molecule has 1 aromatic heterocycles. The van der Waals surface area contributed by atoms with Gasteiger partial charge in [0, 0.05) is 6.54 Å². The van der Waals surface area contributed by atoms with Gasteiger partial charge in [0.05, 0.1) is 27.5 Å². The molecular weight excluding hydrogens is 325 g/mol. The lowest BCUT2D eigenvalue weighted by Gasteiger charge is -2.11. The second kappa shape index (κ2) is 5.79. The molecule has 21 heavy (non-hydrogen) atoms. The third-order valence-corrected chi connectivity index (χ3v) is 4.60. The van der Waals surface area contributed by atoms with Gasteiger partial charge in [-0.25, -0.2) is 0 Å². The molecule has 0 unspecified atom stereocenters. The number of aryl methyl sites for hydroxylation is 2. The molecule has 1 heterocycles. The van der Waals surface area contributed by atoms with E-state index in [0.717, 1.165) is 22.9 Å². The van der Waals surface area contributed by atoms with Crippen LogP contribution < -0.4 is 5.32 Å². The molecule has 0 radical (unpaired) electrons. The van der Waals surface area contributed by atoms with Crippen LogP contribution in [0.15, 0.2) is 24.3 Å². The first-order valence-electron chi connectivity index (χ1n) is 6.46. The van der Waals surface area contributed by atoms with Crippen LogP contribution in [-0.2, 0) is 6.54 Å². The summed E-state index contributed by atoms with van der Waals surface area (Å²) in [6.07, 6.45) is 0. The standard InChI is InChI=1S/C15H13Cl2N3S/c1-8-3-4-10(5-9(8)2)7-18-13-11(16)6-12(17)14-15(13)20-21-19-14/h3-6,18H,7H2,1-2H3. The first kappa shape index (κ1) is 14.6. The number of halogens is 2. The molecular formula is C15H13Cl2N3S. The van der Waals surface area contributed by atoms with Crippen molar-refractivity contribution in [1.82, 2.24) is 8.75 Å². The van der Waals surface area contributed by atoms with Crippen molar-refractivity contribution in [3.05, 3.63) is 51.0 Å². The van der Waals surface area contributed by atoms with Crippen molar-refractivity contribution in [2.75, 3.05) is 5.32 Å². The van der Waals surface area contributed by atoms with E-state index in [-0.39, 0.29) is 0 Å². The Morgan fingerprint density at radius 2 is 1.76 bits per heavy atom. The summed E-state index contributed by atoms with van der Waals surface area (Å²) in [4.78, 5) is 0. The number of rotatable bonds is 3. The summed E-state index contributed by atoms with van der Waals surface area (Å²) < 4.78 is 8.48. The average Bonchev–Trinajstić information content (AvgIpc) is 2.92. The quantitative estimate of drug-likeness (QED) is 0.711. The predicted octanol–water partition coefficient (Wildman–Crippen LogP) is 5.23. The van der Waals surface area contributed by atoms with E-state index in [1.807, 2.05) is 0 Å². The number of hydrogen-bond acceptors (Lipinski definition) is 4. The van der Waals surface area contributed by atoms with E-state index in [0.29, 0.717) is 22.1 Å². The lowest BCUT2D eigenvalue weighted by Crippen LogP contribution is -2.01. The van der Waals surface area contributed by atoms with Crippen molar-refractivity contribution in [2.45, 2.75) is 20.4 Å². The van der Waals surface area contributed by atoms with Crippen molar-refractivity contribution < 1.29 is 0 Å². The molecule has 3 aromatic rings. The van der Waals surface area contributed by atoms with E-state index in [1.54, 1.807) is 6.07 Å². The van der Waals surface area contributed by atoms with Crippen LogP contribution >= 0.6 is 34.9 Å². The highest BCUT2D eigenvalue weighted by atomic mass is 35.5. The molecule has 0 saturated heterocycles. The van der Waals surface area contributed by atoms with Crippen LogP contribution in [0.2, 0.25) is 10.0 Å². The maximum atomic E-state index is 6.28. The minimum Gasteiger partial charge on any atom is -0.378 e. The van der Waals surface area contributed by atoms with Crippen molar-refractivity contribution in [3.63, 3.8) is 0 Å². The third-order valence-electron chi connectivity index (χ3n) is 3.48. The van der Waals surface area contributed by atoms with Gasteiger partial charge in [0.2, 0.25) is 0 Å². The van der Waals surface area contributed by atoms with E-state index < -0.39 is 0 Å². The minimum absolute atomic E-state index is 0.528. The lowest BCUT2D eigenvalue weighted by molar-refractivity contribution is 1.13. The van der Waals surface area contributed by atoms with Gasteiger partial charge in [0.25, 0.3) is 0 Å². The Bertz CT molecular complexity index is 814. The van der Waals surface area contributed by atoms with Gasteiger partial charge in [-0.3, -0.25) is 0 Å². The monoisotopic (exact) mass is 337 g/mol. The van der Waals surface area contributed by atoms with Gasteiger partial charge in [-0.1, -0.05) is 41.4 Å². The summed E-state index contributed by atoms with van der Waals surface area (Å²) in [6, 6.07) is 8.10. The number of fused-ring (bicyclic) bond motifs is 1. The van der Waals surface area contributed by atoms with Gasteiger partial charge < -0.3 is 5.32 Å². The number of anilines is 1. The van der Waals surface area contributed by atoms with E-state index in [1.165, 1.54) is 16.7 Å². The minimum atomic E-state index is 0.528. The Balaban J connectivity index is 1.91. The lowest BCUT2D eigenvalue weighted by atomic mass is 10.1. The molecule has 0 spiro atoms. The first-order valence-corrected chi connectivity index (χ1v) is 7.95. The Kier molecular flexibility index (Phi) is 4.02. The highest BCUT2D eigenvalue weighted by molar-refractivity contribution is 7.00. The zero-order valence-electron chi connectivity index (χ0n) is 11.6. The third kappa shape index (κ3) is 2.84. The molecule has 0 amide bonds. The zero-order valence-corrected chi connectivity index (χ0v) is 13.9. The fourth-order valence-electron chi connectivity index (χ4n) is 2.15. The van der Waals surface area contributed by atoms with Gasteiger partial charge in [-0.05, 0) is 36.6 Å². The number of hydrogen-bond donors (Lipinski definition) is 1. The van der Waals surface area contributed by atoms with E-state index in [2.05, 4.69) is 46.1 Å². The Labute approximate surface area is 137 Å². The second-order valence-corrected chi connectivity index (χ2v) is 6.29. The normalized spacial score (nSPS) is 11.0. The van der Waals surface area contributed by atoms with Crippen LogP contribution in [-0.4, -0.2) is 8.75 Å². The van der Waals surface area contributed by atoms with Crippen LogP contribution in [0, 0.1) is 13.8 Å². The number of nitrogens with one attached hydrogen (secondary N) is 1. The Morgan fingerprint density at radius 1 is 1.00 bits per heavy atom. The van der Waals surface area contributed by atoms with Gasteiger partial charge >= 0.3 is 0 Å².